The van der Waals surface area contributed by atoms with E-state index in [1.807, 2.05) is 38.1 Å². The number of carbonyl (C=O) groups excluding carboxylic acids is 2. The number of Topliss-reactive ketones (excluding diaryl/α,β-unsaturated/α-hetero) is 1. The molecule has 3 rings (SSSR count). The summed E-state index contributed by atoms with van der Waals surface area (Å²) in [5, 5.41) is 0. The van der Waals surface area contributed by atoms with Gasteiger partial charge in [-0.15, -0.1) is 0 Å². The number of esters is 1. The third kappa shape index (κ3) is 4.00. The van der Waals surface area contributed by atoms with Gasteiger partial charge in [0.25, 0.3) is 0 Å². The lowest BCUT2D eigenvalue weighted by Gasteiger charge is -2.08. The molecule has 0 radical (unpaired) electrons. The summed E-state index contributed by atoms with van der Waals surface area (Å²) in [6.45, 7) is 3.83. The Balaban J connectivity index is 1.83. The number of carbonyl (C=O) groups is 2. The molecule has 0 bridgehead atoms. The maximum Gasteiger partial charge on any atom is 0.410 e. The summed E-state index contributed by atoms with van der Waals surface area (Å²) >= 11 is 0. The van der Waals surface area contributed by atoms with Crippen LogP contribution in [0.1, 0.15) is 32.0 Å². The van der Waals surface area contributed by atoms with Crippen molar-refractivity contribution >= 4 is 11.8 Å². The van der Waals surface area contributed by atoms with Gasteiger partial charge in [0.05, 0.1) is 6.20 Å². The van der Waals surface area contributed by atoms with Gasteiger partial charge in [0.15, 0.2) is 6.20 Å². The molecule has 0 N–H and O–H groups in total. The zero-order valence-electron chi connectivity index (χ0n) is 14.7. The van der Waals surface area contributed by atoms with Gasteiger partial charge in [-0.05, 0) is 31.0 Å². The van der Waals surface area contributed by atoms with Crippen LogP contribution in [0.2, 0.25) is 0 Å². The number of rotatable bonds is 5. The van der Waals surface area contributed by atoms with Crippen molar-refractivity contribution in [2.45, 2.75) is 20.4 Å². The molecule has 0 fully saturated rings. The van der Waals surface area contributed by atoms with E-state index in [1.165, 1.54) is 12.4 Å². The number of ketones is 1. The molecule has 0 amide bonds. The van der Waals surface area contributed by atoms with Crippen LogP contribution in [0.4, 0.5) is 0 Å². The van der Waals surface area contributed by atoms with Crippen molar-refractivity contribution in [2.75, 3.05) is 0 Å². The molecule has 2 aromatic carbocycles. The average molecular weight is 347 g/mol. The Labute approximate surface area is 151 Å². The first-order valence-corrected chi connectivity index (χ1v) is 8.26. The molecule has 5 heteroatoms. The number of aryl methyl sites for hydroxylation is 2. The Bertz CT molecular complexity index is 952. The van der Waals surface area contributed by atoms with E-state index in [1.54, 1.807) is 35.0 Å². The van der Waals surface area contributed by atoms with Crippen LogP contribution in [-0.4, -0.2) is 16.7 Å². The summed E-state index contributed by atoms with van der Waals surface area (Å²) in [7, 11) is 0. The predicted molar refractivity (Wildman–Crippen MR) is 96.1 cm³/mol. The van der Waals surface area contributed by atoms with Crippen LogP contribution in [0.5, 0.6) is 5.75 Å². The van der Waals surface area contributed by atoms with E-state index >= 15 is 0 Å². The average Bonchev–Trinajstić information content (AvgIpc) is 2.66. The number of hydrogen-bond acceptors (Lipinski definition) is 4. The van der Waals surface area contributed by atoms with Gasteiger partial charge in [-0.3, -0.25) is 9.78 Å². The molecule has 3 aromatic rings. The molecular formula is C21H19N2O3+. The van der Waals surface area contributed by atoms with Crippen LogP contribution >= 0.6 is 0 Å². The molecule has 0 unspecified atom stereocenters. The van der Waals surface area contributed by atoms with Gasteiger partial charge in [-0.25, -0.2) is 4.79 Å². The zero-order chi connectivity index (χ0) is 18.5. The first-order chi connectivity index (χ1) is 12.5. The molecule has 0 aliphatic heterocycles. The van der Waals surface area contributed by atoms with Crippen molar-refractivity contribution in [2.24, 2.45) is 0 Å². The number of aromatic nitrogens is 2. The first-order valence-electron chi connectivity index (χ1n) is 8.26. The summed E-state index contributed by atoms with van der Waals surface area (Å²) < 4.78 is 7.08. The second-order valence-corrected chi connectivity index (χ2v) is 6.04. The minimum Gasteiger partial charge on any atom is -0.418 e. The molecule has 0 atom stereocenters. The van der Waals surface area contributed by atoms with E-state index in [9.17, 15) is 9.59 Å². The van der Waals surface area contributed by atoms with Gasteiger partial charge in [-0.2, -0.15) is 4.57 Å². The summed E-state index contributed by atoms with van der Waals surface area (Å²) in [5.41, 5.74) is 2.67. The first kappa shape index (κ1) is 17.5. The Morgan fingerprint density at radius 2 is 1.85 bits per heavy atom. The fourth-order valence-electron chi connectivity index (χ4n) is 2.53. The van der Waals surface area contributed by atoms with Crippen LogP contribution in [0, 0.1) is 13.8 Å². The van der Waals surface area contributed by atoms with Gasteiger partial charge in [0.2, 0.25) is 12.3 Å². The molecule has 1 heterocycles. The fourth-order valence-corrected chi connectivity index (χ4v) is 2.53. The van der Waals surface area contributed by atoms with Crippen LogP contribution in [0.25, 0.3) is 0 Å². The Hall–Kier alpha value is -3.34. The van der Waals surface area contributed by atoms with Crippen LogP contribution in [-0.2, 0) is 6.54 Å². The van der Waals surface area contributed by atoms with Crippen LogP contribution < -0.4 is 9.30 Å². The smallest absolute Gasteiger partial charge is 0.410 e. The highest BCUT2D eigenvalue weighted by molar-refractivity contribution is 5.95. The molecular weight excluding hydrogens is 328 g/mol. The Morgan fingerprint density at radius 1 is 1.08 bits per heavy atom. The molecule has 26 heavy (non-hydrogen) atoms. The maximum atomic E-state index is 12.6. The number of benzene rings is 2. The fraction of sp³-hybridized carbons (Fsp3) is 0.143. The maximum absolute atomic E-state index is 12.6. The van der Waals surface area contributed by atoms with Crippen molar-refractivity contribution in [3.63, 3.8) is 0 Å². The molecule has 0 spiro atoms. The highest BCUT2D eigenvalue weighted by atomic mass is 16.5. The van der Waals surface area contributed by atoms with Gasteiger partial charge < -0.3 is 4.74 Å². The Morgan fingerprint density at radius 3 is 2.62 bits per heavy atom. The minimum atomic E-state index is -0.548. The number of hydrogen-bond donors (Lipinski definition) is 0. The van der Waals surface area contributed by atoms with Crippen molar-refractivity contribution in [1.82, 2.24) is 4.98 Å². The molecule has 0 saturated carbocycles. The standard InChI is InChI=1S/C21H19N2O3/c1-15-8-9-16(2)20(12-15)26-21(25)18-13-22-10-11-23(18)14-19(24)17-6-4-3-5-7-17/h3-13H,14H2,1-2H3/q+1. The van der Waals surface area contributed by atoms with Crippen molar-refractivity contribution in [3.8, 4) is 5.75 Å². The van der Waals surface area contributed by atoms with E-state index in [0.29, 0.717) is 11.3 Å². The molecule has 1 aromatic heterocycles. The van der Waals surface area contributed by atoms with Crippen molar-refractivity contribution < 1.29 is 18.9 Å². The lowest BCUT2D eigenvalue weighted by molar-refractivity contribution is -0.686. The molecule has 0 aliphatic carbocycles. The predicted octanol–water partition coefficient (Wildman–Crippen LogP) is 3.09. The van der Waals surface area contributed by atoms with Crippen LogP contribution in [0.15, 0.2) is 67.1 Å². The highest BCUT2D eigenvalue weighted by Crippen LogP contribution is 2.20. The minimum absolute atomic E-state index is 0.0315. The lowest BCUT2D eigenvalue weighted by Crippen LogP contribution is -2.44. The highest BCUT2D eigenvalue weighted by Gasteiger charge is 2.24. The lowest BCUT2D eigenvalue weighted by atomic mass is 10.1. The second kappa shape index (κ2) is 7.70. The largest absolute Gasteiger partial charge is 0.418 e. The molecule has 0 aliphatic rings. The van der Waals surface area contributed by atoms with E-state index in [0.717, 1.165) is 11.1 Å². The third-order valence-electron chi connectivity index (χ3n) is 4.00. The van der Waals surface area contributed by atoms with Gasteiger partial charge in [0, 0.05) is 5.56 Å². The van der Waals surface area contributed by atoms with Gasteiger partial charge in [-0.1, -0.05) is 42.5 Å². The van der Waals surface area contributed by atoms with Gasteiger partial charge >= 0.3 is 11.7 Å². The number of nitrogens with zero attached hydrogens (tertiary/aromatic N) is 2. The van der Waals surface area contributed by atoms with E-state index < -0.39 is 5.97 Å². The van der Waals surface area contributed by atoms with E-state index in [2.05, 4.69) is 4.98 Å². The topological polar surface area (TPSA) is 60.1 Å². The third-order valence-corrected chi connectivity index (χ3v) is 4.00. The Kier molecular flexibility index (Phi) is 5.17. The molecule has 5 nitrogen and oxygen atoms in total. The van der Waals surface area contributed by atoms with E-state index in [4.69, 9.17) is 4.74 Å². The zero-order valence-corrected chi connectivity index (χ0v) is 14.7. The summed E-state index contributed by atoms with van der Waals surface area (Å²) in [6.07, 6.45) is 4.54. The van der Waals surface area contributed by atoms with Crippen molar-refractivity contribution in [1.29, 1.82) is 0 Å². The van der Waals surface area contributed by atoms with Gasteiger partial charge in [0.1, 0.15) is 11.9 Å². The molecule has 0 saturated heterocycles. The SMILES string of the molecule is Cc1ccc(C)c(OC(=O)c2cncc[n+]2CC(=O)c2ccccc2)c1. The molecule has 130 valence electrons. The normalized spacial score (nSPS) is 10.4. The summed E-state index contributed by atoms with van der Waals surface area (Å²) in [5.74, 6) is -0.143. The monoisotopic (exact) mass is 347 g/mol. The summed E-state index contributed by atoms with van der Waals surface area (Å²) in [4.78, 5) is 29.1. The van der Waals surface area contributed by atoms with E-state index in [-0.39, 0.29) is 18.0 Å². The van der Waals surface area contributed by atoms with Crippen molar-refractivity contribution in [3.05, 3.63) is 89.5 Å². The second-order valence-electron chi connectivity index (χ2n) is 6.04. The summed E-state index contributed by atoms with van der Waals surface area (Å²) in [6, 6.07) is 14.6. The number of ether oxygens (including phenoxy) is 1. The quantitative estimate of drug-likeness (QED) is 0.308. The van der Waals surface area contributed by atoms with Crippen LogP contribution in [0.3, 0.4) is 0 Å².